The van der Waals surface area contributed by atoms with Crippen molar-refractivity contribution in [2.45, 2.75) is 33.2 Å². The topological polar surface area (TPSA) is 29.5 Å². The van der Waals surface area contributed by atoms with Crippen LogP contribution in [0.25, 0.3) is 0 Å². The quantitative estimate of drug-likeness (QED) is 0.632. The molecule has 0 aromatic carbocycles. The third-order valence-electron chi connectivity index (χ3n) is 1.61. The molecule has 1 amide bonds. The van der Waals surface area contributed by atoms with Gasteiger partial charge in [0, 0.05) is 12.1 Å². The van der Waals surface area contributed by atoms with Gasteiger partial charge in [-0.2, -0.15) is 0 Å². The molecule has 0 N–H and O–H groups in total. The van der Waals surface area contributed by atoms with Crippen molar-refractivity contribution in [3.8, 4) is 0 Å². The molecule has 0 aliphatic heterocycles. The van der Waals surface area contributed by atoms with Crippen molar-refractivity contribution >= 4 is 6.09 Å². The molecule has 76 valence electrons. The Labute approximate surface area is 80.4 Å². The van der Waals surface area contributed by atoms with Gasteiger partial charge in [0.15, 0.2) is 0 Å². The first-order valence-electron chi connectivity index (χ1n) is 4.48. The molecule has 0 aromatic rings. The smallest absolute Gasteiger partial charge is 0.410 e. The predicted octanol–water partition coefficient (Wildman–Crippen LogP) is 2.43. The van der Waals surface area contributed by atoms with E-state index in [1.165, 1.54) is 0 Å². The molecule has 3 nitrogen and oxygen atoms in total. The van der Waals surface area contributed by atoms with Gasteiger partial charge in [-0.25, -0.2) is 4.79 Å². The number of nitrogens with zero attached hydrogens (tertiary/aromatic N) is 1. The summed E-state index contributed by atoms with van der Waals surface area (Å²) in [6.45, 7) is 12.2. The van der Waals surface area contributed by atoms with Gasteiger partial charge in [0.2, 0.25) is 0 Å². The van der Waals surface area contributed by atoms with E-state index < -0.39 is 0 Å². The summed E-state index contributed by atoms with van der Waals surface area (Å²) in [4.78, 5) is 13.1. The molecule has 0 rings (SSSR count). The molecular weight excluding hydrogens is 166 g/mol. The SMILES string of the molecule is C=CCN(C(=O)OCC)C(C)(C)C. The zero-order chi connectivity index (χ0) is 10.5. The lowest BCUT2D eigenvalue weighted by Gasteiger charge is -2.33. The largest absolute Gasteiger partial charge is 0.450 e. The highest BCUT2D eigenvalue weighted by Gasteiger charge is 2.25. The Morgan fingerprint density at radius 2 is 2.08 bits per heavy atom. The summed E-state index contributed by atoms with van der Waals surface area (Å²) >= 11 is 0. The van der Waals surface area contributed by atoms with Crippen molar-refractivity contribution < 1.29 is 9.53 Å². The van der Waals surface area contributed by atoms with Crippen molar-refractivity contribution in [1.82, 2.24) is 4.90 Å². The Bertz CT molecular complexity index is 182. The standard InChI is InChI=1S/C10H19NO2/c1-6-8-11(10(3,4)5)9(12)13-7-2/h6H,1,7-8H2,2-5H3. The average molecular weight is 185 g/mol. The molecule has 0 radical (unpaired) electrons. The Morgan fingerprint density at radius 1 is 1.54 bits per heavy atom. The maximum Gasteiger partial charge on any atom is 0.410 e. The number of carbonyl (C=O) groups excluding carboxylic acids is 1. The molecule has 0 saturated heterocycles. The van der Waals surface area contributed by atoms with Crippen molar-refractivity contribution in [2.75, 3.05) is 13.2 Å². The molecule has 0 aliphatic carbocycles. The highest BCUT2D eigenvalue weighted by Crippen LogP contribution is 2.14. The van der Waals surface area contributed by atoms with Crippen LogP contribution < -0.4 is 0 Å². The molecule has 3 heteroatoms. The Kier molecular flexibility index (Phi) is 4.52. The summed E-state index contributed by atoms with van der Waals surface area (Å²) in [6, 6.07) is 0. The number of carbonyl (C=O) groups is 1. The fraction of sp³-hybridized carbons (Fsp3) is 0.700. The van der Waals surface area contributed by atoms with Gasteiger partial charge < -0.3 is 4.74 Å². The molecule has 0 aromatic heterocycles. The van der Waals surface area contributed by atoms with Crippen LogP contribution in [0.5, 0.6) is 0 Å². The van der Waals surface area contributed by atoms with E-state index in [0.717, 1.165) is 0 Å². The Balaban J connectivity index is 4.41. The molecule has 0 spiro atoms. The van der Waals surface area contributed by atoms with E-state index in [1.54, 1.807) is 17.9 Å². The number of ether oxygens (including phenoxy) is 1. The van der Waals surface area contributed by atoms with Crippen LogP contribution in [0.3, 0.4) is 0 Å². The average Bonchev–Trinajstić information content (AvgIpc) is 1.98. The zero-order valence-electron chi connectivity index (χ0n) is 8.96. The fourth-order valence-corrected chi connectivity index (χ4v) is 0.953. The second-order valence-electron chi connectivity index (χ2n) is 3.77. The molecule has 0 fully saturated rings. The third-order valence-corrected chi connectivity index (χ3v) is 1.61. The monoisotopic (exact) mass is 185 g/mol. The number of rotatable bonds is 3. The zero-order valence-corrected chi connectivity index (χ0v) is 8.96. The first-order chi connectivity index (χ1) is 5.93. The van der Waals surface area contributed by atoms with Gasteiger partial charge in [0.05, 0.1) is 6.61 Å². The summed E-state index contributed by atoms with van der Waals surface area (Å²) < 4.78 is 4.92. The lowest BCUT2D eigenvalue weighted by Crippen LogP contribution is -2.45. The van der Waals surface area contributed by atoms with Crippen molar-refractivity contribution in [1.29, 1.82) is 0 Å². The van der Waals surface area contributed by atoms with E-state index in [-0.39, 0.29) is 11.6 Å². The second kappa shape index (κ2) is 4.90. The first kappa shape index (κ1) is 12.0. The molecular formula is C10H19NO2. The van der Waals surface area contributed by atoms with Gasteiger partial charge in [-0.15, -0.1) is 6.58 Å². The summed E-state index contributed by atoms with van der Waals surface area (Å²) in [6.07, 6.45) is 1.41. The Hall–Kier alpha value is -0.990. The van der Waals surface area contributed by atoms with E-state index in [9.17, 15) is 4.79 Å². The third kappa shape index (κ3) is 3.97. The number of amides is 1. The van der Waals surface area contributed by atoms with E-state index in [4.69, 9.17) is 4.74 Å². The lowest BCUT2D eigenvalue weighted by molar-refractivity contribution is 0.0777. The van der Waals surface area contributed by atoms with Crippen LogP contribution in [0.1, 0.15) is 27.7 Å². The van der Waals surface area contributed by atoms with Gasteiger partial charge in [-0.05, 0) is 27.7 Å². The normalized spacial score (nSPS) is 10.8. The van der Waals surface area contributed by atoms with Gasteiger partial charge in [0.25, 0.3) is 0 Å². The second-order valence-corrected chi connectivity index (χ2v) is 3.77. The van der Waals surface area contributed by atoms with Crippen LogP contribution in [-0.4, -0.2) is 29.7 Å². The van der Waals surface area contributed by atoms with E-state index >= 15 is 0 Å². The fourth-order valence-electron chi connectivity index (χ4n) is 0.953. The lowest BCUT2D eigenvalue weighted by atomic mass is 10.1. The van der Waals surface area contributed by atoms with Crippen LogP contribution in [0.4, 0.5) is 4.79 Å². The summed E-state index contributed by atoms with van der Waals surface area (Å²) in [5.74, 6) is 0. The maximum atomic E-state index is 11.4. The van der Waals surface area contributed by atoms with E-state index in [2.05, 4.69) is 6.58 Å². The molecule has 0 aliphatic rings. The van der Waals surface area contributed by atoms with Gasteiger partial charge >= 0.3 is 6.09 Å². The van der Waals surface area contributed by atoms with Gasteiger partial charge in [0.1, 0.15) is 0 Å². The highest BCUT2D eigenvalue weighted by molar-refractivity contribution is 5.68. The minimum absolute atomic E-state index is 0.222. The summed E-state index contributed by atoms with van der Waals surface area (Å²) in [7, 11) is 0. The van der Waals surface area contributed by atoms with Crippen molar-refractivity contribution in [3.63, 3.8) is 0 Å². The van der Waals surface area contributed by atoms with Crippen LogP contribution in [0.2, 0.25) is 0 Å². The summed E-state index contributed by atoms with van der Waals surface area (Å²) in [5.41, 5.74) is -0.222. The van der Waals surface area contributed by atoms with Crippen molar-refractivity contribution in [3.05, 3.63) is 12.7 Å². The van der Waals surface area contributed by atoms with Crippen LogP contribution in [-0.2, 0) is 4.74 Å². The molecule has 0 saturated carbocycles. The molecule has 0 atom stereocenters. The highest BCUT2D eigenvalue weighted by atomic mass is 16.6. The van der Waals surface area contributed by atoms with Crippen molar-refractivity contribution in [2.24, 2.45) is 0 Å². The maximum absolute atomic E-state index is 11.4. The van der Waals surface area contributed by atoms with Crippen LogP contribution in [0, 0.1) is 0 Å². The van der Waals surface area contributed by atoms with Gasteiger partial charge in [-0.1, -0.05) is 6.08 Å². The first-order valence-corrected chi connectivity index (χ1v) is 4.48. The number of hydrogen-bond acceptors (Lipinski definition) is 2. The van der Waals surface area contributed by atoms with E-state index in [0.29, 0.717) is 13.2 Å². The Morgan fingerprint density at radius 3 is 2.38 bits per heavy atom. The van der Waals surface area contributed by atoms with E-state index in [1.807, 2.05) is 20.8 Å². The molecule has 13 heavy (non-hydrogen) atoms. The summed E-state index contributed by atoms with van der Waals surface area (Å²) in [5, 5.41) is 0. The molecule has 0 unspecified atom stereocenters. The number of hydrogen-bond donors (Lipinski definition) is 0. The minimum Gasteiger partial charge on any atom is -0.450 e. The van der Waals surface area contributed by atoms with Crippen LogP contribution >= 0.6 is 0 Å². The van der Waals surface area contributed by atoms with Crippen LogP contribution in [0.15, 0.2) is 12.7 Å². The molecule has 0 bridgehead atoms. The minimum atomic E-state index is -0.282. The molecule has 0 heterocycles. The predicted molar refractivity (Wildman–Crippen MR) is 53.7 cm³/mol. The van der Waals surface area contributed by atoms with Gasteiger partial charge in [-0.3, -0.25) is 4.90 Å².